The molecule has 0 saturated heterocycles. The summed E-state index contributed by atoms with van der Waals surface area (Å²) < 4.78 is 0. The van der Waals surface area contributed by atoms with Crippen LogP contribution in [0.25, 0.3) is 0 Å². The number of nitrogens with two attached hydrogens (primary N) is 2. The lowest BCUT2D eigenvalue weighted by atomic mass is 9.93. The van der Waals surface area contributed by atoms with Crippen LogP contribution in [-0.4, -0.2) is 48.2 Å². The molecule has 1 aliphatic heterocycles. The number of hydrogen-bond donors (Lipinski definition) is 4. The van der Waals surface area contributed by atoms with Crippen LogP contribution in [0.3, 0.4) is 0 Å². The Morgan fingerprint density at radius 2 is 1.49 bits per heavy atom. The molecular formula is C38H54N6O3. The number of hydrogen-bond acceptors (Lipinski definition) is 4. The van der Waals surface area contributed by atoms with Crippen molar-refractivity contribution in [1.82, 2.24) is 10.2 Å². The predicted octanol–water partition coefficient (Wildman–Crippen LogP) is 6.29. The summed E-state index contributed by atoms with van der Waals surface area (Å²) in [5, 5.41) is 5.66. The van der Waals surface area contributed by atoms with Crippen LogP contribution >= 0.6 is 0 Å². The standard InChI is InChI=1S/C32H37N3O3.C4H11N3.C2H6/c36-30(34-28-17-8-4-9-18-28)23-33-31(37)26(21-20-25-13-5-3-6-14-25)15-7-1-2-12-22-35-24-27-16-10-11-19-29(27)32(35)38;1-2-3-7-4(5)6;1-2/h3-6,8-11,13-14,16-19,26H,1-2,7,12,15,20-24H2,(H,33,37)(H,34,36);2-3H2,1H3,(H4,5,6,7);1-2H3/t26-;;/m0../s1. The molecule has 3 aromatic rings. The molecule has 47 heavy (non-hydrogen) atoms. The molecule has 1 heterocycles. The number of fused-ring (bicyclic) bond motifs is 1. The van der Waals surface area contributed by atoms with Crippen LogP contribution in [-0.2, 0) is 22.6 Å². The van der Waals surface area contributed by atoms with E-state index in [1.807, 2.05) is 98.5 Å². The first-order valence-corrected chi connectivity index (χ1v) is 17.0. The van der Waals surface area contributed by atoms with Crippen molar-refractivity contribution in [3.63, 3.8) is 0 Å². The Kier molecular flexibility index (Phi) is 18.7. The number of guanidine groups is 1. The van der Waals surface area contributed by atoms with Crippen LogP contribution < -0.4 is 22.1 Å². The first-order valence-electron chi connectivity index (χ1n) is 17.0. The molecule has 0 bridgehead atoms. The molecule has 0 unspecified atom stereocenters. The number of anilines is 1. The second-order valence-corrected chi connectivity index (χ2v) is 11.2. The zero-order valence-corrected chi connectivity index (χ0v) is 28.4. The highest BCUT2D eigenvalue weighted by Crippen LogP contribution is 2.23. The van der Waals surface area contributed by atoms with Crippen molar-refractivity contribution in [2.75, 3.05) is 25.0 Å². The average molecular weight is 643 g/mol. The number of unbranched alkanes of at least 4 members (excludes halogenated alkanes) is 3. The second-order valence-electron chi connectivity index (χ2n) is 11.2. The normalized spacial score (nSPS) is 12.0. The number of carbonyl (C=O) groups is 3. The maximum Gasteiger partial charge on any atom is 0.254 e. The molecular weight excluding hydrogens is 588 g/mol. The molecule has 0 radical (unpaired) electrons. The van der Waals surface area contributed by atoms with Crippen molar-refractivity contribution in [1.29, 1.82) is 0 Å². The van der Waals surface area contributed by atoms with Crippen LogP contribution in [0.1, 0.15) is 87.2 Å². The number of nitrogens with one attached hydrogen (secondary N) is 2. The summed E-state index contributed by atoms with van der Waals surface area (Å²) in [6.07, 6.45) is 7.29. The number of amides is 3. The van der Waals surface area contributed by atoms with Crippen LogP contribution in [0.2, 0.25) is 0 Å². The summed E-state index contributed by atoms with van der Waals surface area (Å²) in [6, 6.07) is 27.3. The number of nitrogens with zero attached hydrogens (tertiary/aromatic N) is 2. The Hall–Kier alpha value is -4.66. The molecule has 0 aliphatic carbocycles. The fraction of sp³-hybridized carbons (Fsp3) is 0.421. The van der Waals surface area contributed by atoms with E-state index in [9.17, 15) is 14.4 Å². The molecule has 3 aromatic carbocycles. The van der Waals surface area contributed by atoms with E-state index in [1.54, 1.807) is 0 Å². The van der Waals surface area contributed by atoms with Gasteiger partial charge in [0.15, 0.2) is 5.96 Å². The Bertz CT molecular complexity index is 1360. The second kappa shape index (κ2) is 22.8. The molecule has 0 fully saturated rings. The molecule has 254 valence electrons. The smallest absolute Gasteiger partial charge is 0.254 e. The topological polar surface area (TPSA) is 143 Å². The van der Waals surface area contributed by atoms with E-state index in [-0.39, 0.29) is 36.1 Å². The first kappa shape index (κ1) is 38.5. The summed E-state index contributed by atoms with van der Waals surface area (Å²) in [6.45, 7) is 8.19. The first-order chi connectivity index (χ1) is 22.9. The van der Waals surface area contributed by atoms with Gasteiger partial charge in [0.05, 0.1) is 6.54 Å². The SMILES string of the molecule is CC.CCCN=C(N)N.O=C(CNC(=O)[C@@H](CCCCCCN1Cc2ccccc2C1=O)CCc1ccccc1)Nc1ccccc1. The zero-order chi connectivity index (χ0) is 34.3. The molecule has 1 aliphatic rings. The Labute approximate surface area is 281 Å². The van der Waals surface area contributed by atoms with Gasteiger partial charge in [-0.15, -0.1) is 0 Å². The van der Waals surface area contributed by atoms with Crippen molar-refractivity contribution in [3.8, 4) is 0 Å². The van der Waals surface area contributed by atoms with E-state index >= 15 is 0 Å². The highest BCUT2D eigenvalue weighted by Gasteiger charge is 2.26. The maximum atomic E-state index is 13.0. The molecule has 9 heteroatoms. The van der Waals surface area contributed by atoms with Crippen molar-refractivity contribution >= 4 is 29.4 Å². The minimum atomic E-state index is -0.232. The van der Waals surface area contributed by atoms with Gasteiger partial charge in [0.1, 0.15) is 0 Å². The summed E-state index contributed by atoms with van der Waals surface area (Å²) >= 11 is 0. The van der Waals surface area contributed by atoms with Gasteiger partial charge >= 0.3 is 0 Å². The molecule has 0 saturated carbocycles. The lowest BCUT2D eigenvalue weighted by Gasteiger charge is -2.18. The third-order valence-electron chi connectivity index (χ3n) is 7.62. The quantitative estimate of drug-likeness (QED) is 0.0825. The third kappa shape index (κ3) is 15.0. The van der Waals surface area contributed by atoms with Gasteiger partial charge < -0.3 is 27.0 Å². The lowest BCUT2D eigenvalue weighted by Crippen LogP contribution is -2.37. The van der Waals surface area contributed by atoms with Crippen molar-refractivity contribution in [3.05, 3.63) is 102 Å². The van der Waals surface area contributed by atoms with Gasteiger partial charge in [0.2, 0.25) is 11.8 Å². The number of aliphatic imine (C=N–C) groups is 1. The fourth-order valence-electron chi connectivity index (χ4n) is 5.21. The van der Waals surface area contributed by atoms with Gasteiger partial charge in [0.25, 0.3) is 5.91 Å². The van der Waals surface area contributed by atoms with Gasteiger partial charge in [-0.05, 0) is 61.4 Å². The highest BCUT2D eigenvalue weighted by molar-refractivity contribution is 5.98. The Morgan fingerprint density at radius 3 is 2.13 bits per heavy atom. The van der Waals surface area contributed by atoms with E-state index in [2.05, 4.69) is 27.8 Å². The average Bonchev–Trinajstić information content (AvgIpc) is 3.42. The van der Waals surface area contributed by atoms with Crippen LogP contribution in [0.5, 0.6) is 0 Å². The highest BCUT2D eigenvalue weighted by atomic mass is 16.2. The largest absolute Gasteiger partial charge is 0.370 e. The molecule has 6 N–H and O–H groups in total. The maximum absolute atomic E-state index is 13.0. The van der Waals surface area contributed by atoms with Crippen LogP contribution in [0.15, 0.2) is 89.9 Å². The van der Waals surface area contributed by atoms with Gasteiger partial charge in [-0.1, -0.05) is 107 Å². The van der Waals surface area contributed by atoms with E-state index in [0.717, 1.165) is 75.6 Å². The Morgan fingerprint density at radius 1 is 0.851 bits per heavy atom. The van der Waals surface area contributed by atoms with Gasteiger partial charge in [0, 0.05) is 36.8 Å². The summed E-state index contributed by atoms with van der Waals surface area (Å²) in [4.78, 5) is 43.5. The number of rotatable bonds is 16. The van der Waals surface area contributed by atoms with E-state index in [1.165, 1.54) is 5.56 Å². The summed E-state index contributed by atoms with van der Waals surface area (Å²) in [5.74, 6) is -0.125. The number of para-hydroxylation sites is 1. The van der Waals surface area contributed by atoms with E-state index in [4.69, 9.17) is 11.5 Å². The predicted molar refractivity (Wildman–Crippen MR) is 193 cm³/mol. The monoisotopic (exact) mass is 642 g/mol. The Balaban J connectivity index is 0.000000756. The van der Waals surface area contributed by atoms with E-state index < -0.39 is 0 Å². The molecule has 3 amide bonds. The van der Waals surface area contributed by atoms with Crippen molar-refractivity contribution in [2.24, 2.45) is 22.4 Å². The van der Waals surface area contributed by atoms with Crippen LogP contribution in [0.4, 0.5) is 5.69 Å². The molecule has 0 aromatic heterocycles. The molecule has 9 nitrogen and oxygen atoms in total. The van der Waals surface area contributed by atoms with Crippen molar-refractivity contribution in [2.45, 2.75) is 78.7 Å². The fourth-order valence-corrected chi connectivity index (χ4v) is 5.21. The molecule has 0 spiro atoms. The number of carbonyl (C=O) groups excluding carboxylic acids is 3. The van der Waals surface area contributed by atoms with Gasteiger partial charge in [-0.2, -0.15) is 0 Å². The summed E-state index contributed by atoms with van der Waals surface area (Å²) in [7, 11) is 0. The summed E-state index contributed by atoms with van der Waals surface area (Å²) in [5.41, 5.74) is 13.9. The van der Waals surface area contributed by atoms with Gasteiger partial charge in [-0.3, -0.25) is 19.4 Å². The lowest BCUT2D eigenvalue weighted by molar-refractivity contribution is -0.127. The number of aryl methyl sites for hydroxylation is 1. The minimum absolute atomic E-state index is 0.0399. The zero-order valence-electron chi connectivity index (χ0n) is 28.4. The van der Waals surface area contributed by atoms with Crippen LogP contribution in [0, 0.1) is 5.92 Å². The number of benzene rings is 3. The van der Waals surface area contributed by atoms with E-state index in [0.29, 0.717) is 12.2 Å². The minimum Gasteiger partial charge on any atom is -0.370 e. The third-order valence-corrected chi connectivity index (χ3v) is 7.62. The van der Waals surface area contributed by atoms with Gasteiger partial charge in [-0.25, -0.2) is 0 Å². The van der Waals surface area contributed by atoms with Crippen molar-refractivity contribution < 1.29 is 14.4 Å². The molecule has 4 rings (SSSR count). The molecule has 1 atom stereocenters.